The molecule has 1 aliphatic rings. The summed E-state index contributed by atoms with van der Waals surface area (Å²) in [5.41, 5.74) is 1.48. The lowest BCUT2D eigenvalue weighted by molar-refractivity contribution is -0.130. The van der Waals surface area contributed by atoms with E-state index < -0.39 is 0 Å². The van der Waals surface area contributed by atoms with Gasteiger partial charge in [-0.3, -0.25) is 14.9 Å². The highest BCUT2D eigenvalue weighted by Crippen LogP contribution is 2.18. The molecule has 4 amide bonds. The van der Waals surface area contributed by atoms with Crippen LogP contribution in [0.2, 0.25) is 0 Å². The number of carbonyl (C=O) groups is 3. The number of rotatable bonds is 6. The number of amides is 4. The lowest BCUT2D eigenvalue weighted by atomic mass is 10.2. The average molecular weight is 432 g/mol. The highest BCUT2D eigenvalue weighted by atomic mass is 32.1. The number of nitrogens with zero attached hydrogens (tertiary/aromatic N) is 3. The number of benzene rings is 1. The van der Waals surface area contributed by atoms with Crippen LogP contribution >= 0.6 is 11.3 Å². The van der Waals surface area contributed by atoms with Gasteiger partial charge in [0, 0.05) is 50.6 Å². The summed E-state index contributed by atoms with van der Waals surface area (Å²) >= 11 is 1.28. The molecule has 160 valence electrons. The highest BCUT2D eigenvalue weighted by Gasteiger charge is 2.23. The van der Waals surface area contributed by atoms with E-state index in [1.807, 2.05) is 24.3 Å². The van der Waals surface area contributed by atoms with E-state index in [1.165, 1.54) is 18.3 Å². The van der Waals surface area contributed by atoms with Crippen molar-refractivity contribution in [2.45, 2.75) is 19.9 Å². The van der Waals surface area contributed by atoms with Gasteiger partial charge >= 0.3 is 6.03 Å². The van der Waals surface area contributed by atoms with Gasteiger partial charge in [0.15, 0.2) is 5.13 Å². The second-order valence-electron chi connectivity index (χ2n) is 6.83. The van der Waals surface area contributed by atoms with Gasteiger partial charge in [-0.15, -0.1) is 11.3 Å². The third-order valence-electron chi connectivity index (χ3n) is 4.79. The van der Waals surface area contributed by atoms with Gasteiger partial charge in [0.25, 0.3) is 0 Å². The van der Waals surface area contributed by atoms with E-state index in [-0.39, 0.29) is 24.3 Å². The molecule has 1 aromatic carbocycles. The number of aromatic nitrogens is 1. The van der Waals surface area contributed by atoms with Gasteiger partial charge < -0.3 is 19.9 Å². The van der Waals surface area contributed by atoms with E-state index in [0.717, 1.165) is 11.3 Å². The standard InChI is InChI=1S/C20H25N5O4S/c1-14(26)24-7-9-25(10-8-24)20(28)23-19-22-16(13-30-19)11-18(27)21-12-15-5-3-4-6-17(15)29-2/h3-6,13H,7-12H2,1-2H3,(H,21,27)(H,22,23,28). The number of thiazole rings is 1. The summed E-state index contributed by atoms with van der Waals surface area (Å²) in [5, 5.41) is 7.82. The maximum atomic E-state index is 12.4. The Kier molecular flexibility index (Phi) is 7.23. The number of nitrogens with one attached hydrogen (secondary N) is 2. The van der Waals surface area contributed by atoms with Crippen LogP contribution in [0.4, 0.5) is 9.93 Å². The summed E-state index contributed by atoms with van der Waals surface area (Å²) in [5.74, 6) is 0.577. The molecule has 1 aromatic heterocycles. The molecular weight excluding hydrogens is 406 g/mol. The van der Waals surface area contributed by atoms with Crippen LogP contribution in [0.25, 0.3) is 0 Å². The summed E-state index contributed by atoms with van der Waals surface area (Å²) in [6.45, 7) is 3.91. The SMILES string of the molecule is COc1ccccc1CNC(=O)Cc1csc(NC(=O)N2CCN(C(C)=O)CC2)n1. The first-order valence-electron chi connectivity index (χ1n) is 9.60. The minimum atomic E-state index is -0.250. The molecule has 0 unspecified atom stereocenters. The van der Waals surface area contributed by atoms with Crippen molar-refractivity contribution in [2.75, 3.05) is 38.6 Å². The van der Waals surface area contributed by atoms with Crippen molar-refractivity contribution in [3.05, 3.63) is 40.9 Å². The second kappa shape index (κ2) is 10.1. The molecule has 0 aliphatic carbocycles. The first kappa shape index (κ1) is 21.6. The average Bonchev–Trinajstić information content (AvgIpc) is 3.19. The molecule has 0 spiro atoms. The van der Waals surface area contributed by atoms with Crippen LogP contribution in [-0.2, 0) is 22.6 Å². The number of para-hydroxylation sites is 1. The Morgan fingerprint density at radius 1 is 1.13 bits per heavy atom. The van der Waals surface area contributed by atoms with Crippen molar-refractivity contribution in [1.82, 2.24) is 20.1 Å². The molecule has 2 N–H and O–H groups in total. The molecule has 0 atom stereocenters. The third kappa shape index (κ3) is 5.69. The van der Waals surface area contributed by atoms with Crippen LogP contribution in [0.1, 0.15) is 18.2 Å². The molecule has 0 saturated carbocycles. The van der Waals surface area contributed by atoms with E-state index in [2.05, 4.69) is 15.6 Å². The Morgan fingerprint density at radius 2 is 1.83 bits per heavy atom. The van der Waals surface area contributed by atoms with E-state index >= 15 is 0 Å². The number of hydrogen-bond donors (Lipinski definition) is 2. The van der Waals surface area contributed by atoms with Gasteiger partial charge in [0.1, 0.15) is 5.75 Å². The first-order valence-corrected chi connectivity index (χ1v) is 10.5. The molecule has 1 fully saturated rings. The minimum Gasteiger partial charge on any atom is -0.496 e. The normalized spacial score (nSPS) is 13.7. The Hall–Kier alpha value is -3.14. The van der Waals surface area contributed by atoms with Gasteiger partial charge in [0.2, 0.25) is 11.8 Å². The number of carbonyl (C=O) groups excluding carboxylic acids is 3. The molecule has 2 aromatic rings. The molecule has 0 radical (unpaired) electrons. The largest absolute Gasteiger partial charge is 0.496 e. The van der Waals surface area contributed by atoms with Crippen molar-refractivity contribution in [2.24, 2.45) is 0 Å². The zero-order valence-electron chi connectivity index (χ0n) is 17.0. The third-order valence-corrected chi connectivity index (χ3v) is 5.59. The fourth-order valence-corrected chi connectivity index (χ4v) is 3.81. The molecule has 10 heteroatoms. The van der Waals surface area contributed by atoms with Crippen LogP contribution in [0, 0.1) is 0 Å². The topological polar surface area (TPSA) is 104 Å². The zero-order chi connectivity index (χ0) is 21.5. The van der Waals surface area contributed by atoms with Crippen molar-refractivity contribution < 1.29 is 19.1 Å². The van der Waals surface area contributed by atoms with Crippen molar-refractivity contribution in [1.29, 1.82) is 0 Å². The molecule has 1 saturated heterocycles. The maximum Gasteiger partial charge on any atom is 0.323 e. The number of anilines is 1. The summed E-state index contributed by atoms with van der Waals surface area (Å²) in [7, 11) is 1.59. The predicted molar refractivity (Wildman–Crippen MR) is 114 cm³/mol. The van der Waals surface area contributed by atoms with Crippen molar-refractivity contribution in [3.8, 4) is 5.75 Å². The van der Waals surface area contributed by atoms with Crippen LogP contribution in [-0.4, -0.2) is 65.9 Å². The lowest BCUT2D eigenvalue weighted by Crippen LogP contribution is -2.51. The first-order chi connectivity index (χ1) is 14.5. The van der Waals surface area contributed by atoms with Gasteiger partial charge in [-0.25, -0.2) is 9.78 Å². The van der Waals surface area contributed by atoms with E-state index in [4.69, 9.17) is 4.74 Å². The van der Waals surface area contributed by atoms with E-state index in [9.17, 15) is 14.4 Å². The Bertz CT molecular complexity index is 908. The molecule has 3 rings (SSSR count). The number of ether oxygens (including phenoxy) is 1. The summed E-state index contributed by atoms with van der Waals surface area (Å²) in [4.78, 5) is 43.7. The van der Waals surface area contributed by atoms with Gasteiger partial charge in [-0.1, -0.05) is 18.2 Å². The fourth-order valence-electron chi connectivity index (χ4n) is 3.11. The zero-order valence-corrected chi connectivity index (χ0v) is 17.8. The summed E-state index contributed by atoms with van der Waals surface area (Å²) < 4.78 is 5.28. The van der Waals surface area contributed by atoms with Gasteiger partial charge in [-0.2, -0.15) is 0 Å². The molecule has 2 heterocycles. The van der Waals surface area contributed by atoms with Crippen molar-refractivity contribution >= 4 is 34.3 Å². The van der Waals surface area contributed by atoms with Crippen molar-refractivity contribution in [3.63, 3.8) is 0 Å². The molecule has 0 bridgehead atoms. The molecular formula is C20H25N5O4S. The highest BCUT2D eigenvalue weighted by molar-refractivity contribution is 7.13. The van der Waals surface area contributed by atoms with Crippen LogP contribution in [0.5, 0.6) is 5.75 Å². The van der Waals surface area contributed by atoms with E-state index in [1.54, 1.807) is 22.3 Å². The second-order valence-corrected chi connectivity index (χ2v) is 7.69. The monoisotopic (exact) mass is 431 g/mol. The Morgan fingerprint density at radius 3 is 2.53 bits per heavy atom. The molecule has 9 nitrogen and oxygen atoms in total. The predicted octanol–water partition coefficient (Wildman–Crippen LogP) is 1.71. The fraction of sp³-hybridized carbons (Fsp3) is 0.400. The summed E-state index contributed by atoms with van der Waals surface area (Å²) in [6, 6.07) is 7.25. The Balaban J connectivity index is 1.46. The number of piperazine rings is 1. The minimum absolute atomic E-state index is 0.0172. The molecule has 30 heavy (non-hydrogen) atoms. The molecule has 1 aliphatic heterocycles. The van der Waals surface area contributed by atoms with Gasteiger partial charge in [-0.05, 0) is 6.07 Å². The van der Waals surface area contributed by atoms with E-state index in [0.29, 0.717) is 43.5 Å². The van der Waals surface area contributed by atoms with Crippen LogP contribution < -0.4 is 15.4 Å². The van der Waals surface area contributed by atoms with Gasteiger partial charge in [0.05, 0.1) is 19.2 Å². The lowest BCUT2D eigenvalue weighted by Gasteiger charge is -2.33. The summed E-state index contributed by atoms with van der Waals surface area (Å²) in [6.07, 6.45) is 0.124. The number of methoxy groups -OCH3 is 1. The Labute approximate surface area is 179 Å². The number of urea groups is 1. The maximum absolute atomic E-state index is 12.4. The smallest absolute Gasteiger partial charge is 0.323 e. The van der Waals surface area contributed by atoms with Crippen LogP contribution in [0.3, 0.4) is 0 Å². The number of hydrogen-bond acceptors (Lipinski definition) is 6. The quantitative estimate of drug-likeness (QED) is 0.725. The van der Waals surface area contributed by atoms with Crippen LogP contribution in [0.15, 0.2) is 29.6 Å².